The molecule has 180 valence electrons. The first-order valence-corrected chi connectivity index (χ1v) is 12.9. The third-order valence-electron chi connectivity index (χ3n) is 5.80. The van der Waals surface area contributed by atoms with Crippen molar-refractivity contribution < 1.29 is 13.2 Å². The summed E-state index contributed by atoms with van der Waals surface area (Å²) in [6.07, 6.45) is 3.67. The summed E-state index contributed by atoms with van der Waals surface area (Å²) < 4.78 is 28.7. The van der Waals surface area contributed by atoms with Crippen LogP contribution in [0.1, 0.15) is 29.8 Å². The van der Waals surface area contributed by atoms with Gasteiger partial charge in [-0.3, -0.25) is 9.48 Å². The number of nitrogens with zero attached hydrogens (tertiary/aromatic N) is 3. The number of sulfonamides is 1. The van der Waals surface area contributed by atoms with Gasteiger partial charge in [0.15, 0.2) is 0 Å². The highest BCUT2D eigenvalue weighted by atomic mass is 32.2. The number of anilines is 1. The van der Waals surface area contributed by atoms with Crippen LogP contribution in [0.4, 0.5) is 5.69 Å². The zero-order chi connectivity index (χ0) is 24.8. The molecule has 0 fully saturated rings. The molecule has 3 aromatic carbocycles. The smallest absolute Gasteiger partial charge is 0.256 e. The summed E-state index contributed by atoms with van der Waals surface area (Å²) in [6, 6.07) is 23.6. The fraction of sp³-hybridized carbons (Fsp3) is 0.185. The van der Waals surface area contributed by atoms with E-state index in [1.807, 2.05) is 59.4 Å². The van der Waals surface area contributed by atoms with Crippen LogP contribution in [-0.4, -0.2) is 41.5 Å². The Kier molecular flexibility index (Phi) is 7.43. The van der Waals surface area contributed by atoms with Crippen molar-refractivity contribution in [1.82, 2.24) is 14.1 Å². The zero-order valence-electron chi connectivity index (χ0n) is 19.8. The third kappa shape index (κ3) is 5.50. The lowest BCUT2D eigenvalue weighted by molar-refractivity contribution is 0.102. The minimum atomic E-state index is -3.55. The van der Waals surface area contributed by atoms with E-state index >= 15 is 0 Å². The second kappa shape index (κ2) is 10.7. The molecule has 1 amide bonds. The largest absolute Gasteiger partial charge is 0.322 e. The molecule has 0 atom stereocenters. The van der Waals surface area contributed by atoms with Gasteiger partial charge >= 0.3 is 0 Å². The molecule has 0 aliphatic heterocycles. The van der Waals surface area contributed by atoms with Gasteiger partial charge in [-0.25, -0.2) is 8.42 Å². The summed E-state index contributed by atoms with van der Waals surface area (Å²) in [6.45, 7) is 5.09. The molecule has 1 heterocycles. The van der Waals surface area contributed by atoms with Gasteiger partial charge in [-0.05, 0) is 53.1 Å². The Balaban J connectivity index is 1.51. The molecule has 0 aliphatic carbocycles. The summed E-state index contributed by atoms with van der Waals surface area (Å²) in [4.78, 5) is 13.3. The van der Waals surface area contributed by atoms with Crippen molar-refractivity contribution in [3.05, 3.63) is 102 Å². The predicted molar refractivity (Wildman–Crippen MR) is 138 cm³/mol. The number of rotatable bonds is 9. The second-order valence-electron chi connectivity index (χ2n) is 8.01. The molecular weight excluding hydrogens is 460 g/mol. The lowest BCUT2D eigenvalue weighted by Gasteiger charge is -2.18. The third-order valence-corrected chi connectivity index (χ3v) is 7.86. The summed E-state index contributed by atoms with van der Waals surface area (Å²) >= 11 is 0. The first-order valence-electron chi connectivity index (χ1n) is 11.5. The topological polar surface area (TPSA) is 84.3 Å². The van der Waals surface area contributed by atoms with Crippen molar-refractivity contribution in [1.29, 1.82) is 0 Å². The molecule has 0 saturated heterocycles. The van der Waals surface area contributed by atoms with Crippen LogP contribution < -0.4 is 5.32 Å². The molecule has 0 radical (unpaired) electrons. The summed E-state index contributed by atoms with van der Waals surface area (Å²) in [5.74, 6) is -0.263. The van der Waals surface area contributed by atoms with Crippen LogP contribution >= 0.6 is 0 Å². The van der Waals surface area contributed by atoms with E-state index in [1.54, 1.807) is 38.2 Å². The van der Waals surface area contributed by atoms with Crippen LogP contribution in [0.15, 0.2) is 96.2 Å². The van der Waals surface area contributed by atoms with E-state index in [1.165, 1.54) is 16.4 Å². The van der Waals surface area contributed by atoms with Crippen molar-refractivity contribution in [2.24, 2.45) is 0 Å². The van der Waals surface area contributed by atoms with Gasteiger partial charge in [0.2, 0.25) is 10.0 Å². The number of amides is 1. The normalized spacial score (nSPS) is 11.5. The molecular formula is C27H28N4O3S. The van der Waals surface area contributed by atoms with Crippen molar-refractivity contribution in [3.8, 4) is 11.1 Å². The van der Waals surface area contributed by atoms with Gasteiger partial charge in [0.25, 0.3) is 5.91 Å². The molecule has 0 bridgehead atoms. The average Bonchev–Trinajstić information content (AvgIpc) is 3.38. The number of aromatic nitrogens is 2. The SMILES string of the molecule is CCN(CC)S(=O)(=O)c1ccc(NC(=O)c2ccccc2-c2ccc(Cn3cccn3)cc2)cc1. The standard InChI is InChI=1S/C27H28N4O3S/c1-3-31(4-2)35(33,34)24-16-14-23(15-17-24)29-27(32)26-9-6-5-8-25(26)22-12-10-21(11-13-22)20-30-19-7-18-28-30/h5-19H,3-4,20H2,1-2H3,(H,29,32). The minimum absolute atomic E-state index is 0.204. The van der Waals surface area contributed by atoms with Gasteiger partial charge in [-0.2, -0.15) is 9.40 Å². The van der Waals surface area contributed by atoms with E-state index < -0.39 is 10.0 Å². The van der Waals surface area contributed by atoms with Crippen molar-refractivity contribution in [2.45, 2.75) is 25.3 Å². The Morgan fingerprint density at radius 1 is 0.914 bits per heavy atom. The molecule has 1 N–H and O–H groups in total. The molecule has 0 aliphatic rings. The van der Waals surface area contributed by atoms with Gasteiger partial charge in [0, 0.05) is 36.7 Å². The van der Waals surface area contributed by atoms with E-state index in [2.05, 4.69) is 10.4 Å². The molecule has 4 aromatic rings. The van der Waals surface area contributed by atoms with Crippen LogP contribution in [0.3, 0.4) is 0 Å². The highest BCUT2D eigenvalue weighted by molar-refractivity contribution is 7.89. The Morgan fingerprint density at radius 3 is 2.23 bits per heavy atom. The fourth-order valence-electron chi connectivity index (χ4n) is 3.92. The highest BCUT2D eigenvalue weighted by Gasteiger charge is 2.21. The Bertz CT molecular complexity index is 1380. The molecule has 1 aromatic heterocycles. The number of carbonyl (C=O) groups excluding carboxylic acids is 1. The summed E-state index contributed by atoms with van der Waals surface area (Å²) in [5.41, 5.74) is 3.92. The van der Waals surface area contributed by atoms with E-state index in [-0.39, 0.29) is 10.8 Å². The number of hydrogen-bond donors (Lipinski definition) is 1. The summed E-state index contributed by atoms with van der Waals surface area (Å²) in [7, 11) is -3.55. The lowest BCUT2D eigenvalue weighted by Crippen LogP contribution is -2.30. The van der Waals surface area contributed by atoms with Crippen molar-refractivity contribution >= 4 is 21.6 Å². The lowest BCUT2D eigenvalue weighted by atomic mass is 9.98. The highest BCUT2D eigenvalue weighted by Crippen LogP contribution is 2.26. The second-order valence-corrected chi connectivity index (χ2v) is 9.95. The zero-order valence-corrected chi connectivity index (χ0v) is 20.6. The quantitative estimate of drug-likeness (QED) is 0.364. The number of hydrogen-bond acceptors (Lipinski definition) is 4. The van der Waals surface area contributed by atoms with E-state index in [4.69, 9.17) is 0 Å². The Labute approximate surface area is 206 Å². The van der Waals surface area contributed by atoms with Crippen LogP contribution in [0.5, 0.6) is 0 Å². The molecule has 4 rings (SSSR count). The van der Waals surface area contributed by atoms with Gasteiger partial charge in [0.1, 0.15) is 0 Å². The first kappa shape index (κ1) is 24.4. The molecule has 8 heteroatoms. The first-order chi connectivity index (χ1) is 16.9. The maximum Gasteiger partial charge on any atom is 0.256 e. The fourth-order valence-corrected chi connectivity index (χ4v) is 5.38. The molecule has 0 unspecified atom stereocenters. The molecule has 0 saturated carbocycles. The average molecular weight is 489 g/mol. The van der Waals surface area contributed by atoms with E-state index in [0.29, 0.717) is 30.9 Å². The minimum Gasteiger partial charge on any atom is -0.322 e. The number of benzene rings is 3. The summed E-state index contributed by atoms with van der Waals surface area (Å²) in [5, 5.41) is 7.12. The van der Waals surface area contributed by atoms with Crippen molar-refractivity contribution in [2.75, 3.05) is 18.4 Å². The monoisotopic (exact) mass is 488 g/mol. The Morgan fingerprint density at radius 2 is 1.60 bits per heavy atom. The van der Waals surface area contributed by atoms with E-state index in [0.717, 1.165) is 16.7 Å². The van der Waals surface area contributed by atoms with Crippen LogP contribution in [0.25, 0.3) is 11.1 Å². The predicted octanol–water partition coefficient (Wildman–Crippen LogP) is 4.88. The van der Waals surface area contributed by atoms with E-state index in [9.17, 15) is 13.2 Å². The number of carbonyl (C=O) groups is 1. The van der Waals surface area contributed by atoms with Crippen LogP contribution in [0.2, 0.25) is 0 Å². The Hall–Kier alpha value is -3.75. The van der Waals surface area contributed by atoms with Gasteiger partial charge in [-0.1, -0.05) is 56.3 Å². The molecule has 7 nitrogen and oxygen atoms in total. The number of nitrogens with one attached hydrogen (secondary N) is 1. The van der Waals surface area contributed by atoms with Gasteiger partial charge in [0.05, 0.1) is 11.4 Å². The van der Waals surface area contributed by atoms with Gasteiger partial charge < -0.3 is 5.32 Å². The molecule has 0 spiro atoms. The molecule has 35 heavy (non-hydrogen) atoms. The van der Waals surface area contributed by atoms with Crippen molar-refractivity contribution in [3.63, 3.8) is 0 Å². The maximum atomic E-state index is 13.1. The maximum absolute atomic E-state index is 13.1. The van der Waals surface area contributed by atoms with Gasteiger partial charge in [-0.15, -0.1) is 0 Å². The van der Waals surface area contributed by atoms with Crippen LogP contribution in [0, 0.1) is 0 Å². The van der Waals surface area contributed by atoms with Crippen LogP contribution in [-0.2, 0) is 16.6 Å².